The van der Waals surface area contributed by atoms with Gasteiger partial charge in [-0.2, -0.15) is 0 Å². The summed E-state index contributed by atoms with van der Waals surface area (Å²) < 4.78 is 10.5. The smallest absolute Gasteiger partial charge is 0.231 e. The third-order valence-electron chi connectivity index (χ3n) is 2.29. The lowest BCUT2D eigenvalue weighted by Crippen LogP contribution is -2.01. The molecule has 0 amide bonds. The highest BCUT2D eigenvalue weighted by Crippen LogP contribution is 2.32. The van der Waals surface area contributed by atoms with Crippen molar-refractivity contribution in [2.75, 3.05) is 6.79 Å². The van der Waals surface area contributed by atoms with Crippen LogP contribution in [-0.2, 0) is 6.42 Å². The van der Waals surface area contributed by atoms with E-state index in [0.717, 1.165) is 24.3 Å². The Labute approximate surface area is 83.3 Å². The zero-order chi connectivity index (χ0) is 9.97. The predicted molar refractivity (Wildman–Crippen MR) is 52.6 cm³/mol. The molecule has 3 heteroatoms. The van der Waals surface area contributed by atoms with Crippen LogP contribution < -0.4 is 9.47 Å². The Kier molecular flexibility index (Phi) is 2.59. The molecule has 0 saturated heterocycles. The van der Waals surface area contributed by atoms with Gasteiger partial charge in [0.2, 0.25) is 6.79 Å². The second-order valence-corrected chi connectivity index (χ2v) is 3.58. The normalized spacial score (nSPS) is 15.6. The Balaban J connectivity index is 2.05. The van der Waals surface area contributed by atoms with E-state index >= 15 is 0 Å². The number of benzene rings is 1. The van der Waals surface area contributed by atoms with Crippen LogP contribution in [0.25, 0.3) is 0 Å². The average Bonchev–Trinajstić information content (AvgIpc) is 2.61. The summed E-state index contributed by atoms with van der Waals surface area (Å²) in [6.07, 6.45) is 1.40. The van der Waals surface area contributed by atoms with Crippen LogP contribution in [0.1, 0.15) is 18.9 Å². The van der Waals surface area contributed by atoms with Gasteiger partial charge in [0.05, 0.1) is 6.10 Å². The van der Waals surface area contributed by atoms with Gasteiger partial charge in [-0.05, 0) is 37.5 Å². The van der Waals surface area contributed by atoms with Crippen molar-refractivity contribution in [1.29, 1.82) is 0 Å². The van der Waals surface area contributed by atoms with Crippen molar-refractivity contribution in [3.05, 3.63) is 23.8 Å². The Morgan fingerprint density at radius 2 is 2.14 bits per heavy atom. The molecule has 1 atom stereocenters. The average molecular weight is 194 g/mol. The molecule has 0 aliphatic carbocycles. The summed E-state index contributed by atoms with van der Waals surface area (Å²) in [6, 6.07) is 5.90. The zero-order valence-corrected chi connectivity index (χ0v) is 8.19. The molecule has 2 rings (SSSR count). The van der Waals surface area contributed by atoms with E-state index in [0.29, 0.717) is 6.79 Å². The number of fused-ring (bicyclic) bond motifs is 1. The molecule has 14 heavy (non-hydrogen) atoms. The van der Waals surface area contributed by atoms with E-state index in [2.05, 4.69) is 0 Å². The van der Waals surface area contributed by atoms with Crippen LogP contribution in [0.4, 0.5) is 0 Å². The topological polar surface area (TPSA) is 38.7 Å². The molecule has 0 unspecified atom stereocenters. The first-order valence-electron chi connectivity index (χ1n) is 4.82. The fraction of sp³-hybridized carbons (Fsp3) is 0.455. The number of aryl methyl sites for hydroxylation is 1. The van der Waals surface area contributed by atoms with E-state index in [-0.39, 0.29) is 6.10 Å². The van der Waals surface area contributed by atoms with E-state index in [4.69, 9.17) is 14.6 Å². The molecule has 1 aliphatic rings. The highest BCUT2D eigenvalue weighted by Gasteiger charge is 2.12. The van der Waals surface area contributed by atoms with Gasteiger partial charge in [0.15, 0.2) is 11.5 Å². The van der Waals surface area contributed by atoms with Crippen LogP contribution in [-0.4, -0.2) is 18.0 Å². The van der Waals surface area contributed by atoms with Gasteiger partial charge in [0.25, 0.3) is 0 Å². The standard InChI is InChI=1S/C11H14O3/c1-8(12)2-3-9-4-5-10-11(6-9)14-7-13-10/h4-6,8,12H,2-3,7H2,1H3/t8-/m0/s1. The molecule has 3 nitrogen and oxygen atoms in total. The van der Waals surface area contributed by atoms with Gasteiger partial charge in [-0.3, -0.25) is 0 Å². The van der Waals surface area contributed by atoms with Gasteiger partial charge in [-0.15, -0.1) is 0 Å². The molecule has 0 saturated carbocycles. The summed E-state index contributed by atoms with van der Waals surface area (Å²) >= 11 is 0. The number of hydrogen-bond donors (Lipinski definition) is 1. The number of hydrogen-bond acceptors (Lipinski definition) is 3. The zero-order valence-electron chi connectivity index (χ0n) is 8.19. The van der Waals surface area contributed by atoms with Gasteiger partial charge >= 0.3 is 0 Å². The van der Waals surface area contributed by atoms with E-state index in [1.807, 2.05) is 18.2 Å². The molecule has 0 bridgehead atoms. The SMILES string of the molecule is C[C@H](O)CCc1ccc2c(c1)OCO2. The highest BCUT2D eigenvalue weighted by molar-refractivity contribution is 5.44. The number of ether oxygens (including phenoxy) is 2. The molecule has 1 N–H and O–H groups in total. The van der Waals surface area contributed by atoms with Crippen LogP contribution in [0.5, 0.6) is 11.5 Å². The van der Waals surface area contributed by atoms with Crippen molar-refractivity contribution in [2.45, 2.75) is 25.9 Å². The first-order valence-corrected chi connectivity index (χ1v) is 4.82. The molecule has 0 radical (unpaired) electrons. The van der Waals surface area contributed by atoms with Crippen molar-refractivity contribution < 1.29 is 14.6 Å². The summed E-state index contributed by atoms with van der Waals surface area (Å²) in [5.41, 5.74) is 1.18. The summed E-state index contributed by atoms with van der Waals surface area (Å²) in [6.45, 7) is 2.11. The third-order valence-corrected chi connectivity index (χ3v) is 2.29. The molecule has 1 aromatic carbocycles. The third kappa shape index (κ3) is 1.99. The quantitative estimate of drug-likeness (QED) is 0.796. The van der Waals surface area contributed by atoms with Crippen LogP contribution in [0, 0.1) is 0 Å². The molecule has 0 aromatic heterocycles. The van der Waals surface area contributed by atoms with E-state index in [1.54, 1.807) is 6.92 Å². The molecule has 76 valence electrons. The van der Waals surface area contributed by atoms with Crippen molar-refractivity contribution in [2.24, 2.45) is 0 Å². The minimum Gasteiger partial charge on any atom is -0.454 e. The van der Waals surface area contributed by atoms with E-state index in [9.17, 15) is 0 Å². The van der Waals surface area contributed by atoms with Crippen molar-refractivity contribution in [1.82, 2.24) is 0 Å². The minimum atomic E-state index is -0.250. The van der Waals surface area contributed by atoms with Gasteiger partial charge in [0, 0.05) is 0 Å². The Morgan fingerprint density at radius 3 is 2.93 bits per heavy atom. The maximum Gasteiger partial charge on any atom is 0.231 e. The summed E-state index contributed by atoms with van der Waals surface area (Å²) in [4.78, 5) is 0. The highest BCUT2D eigenvalue weighted by atomic mass is 16.7. The maximum atomic E-state index is 9.15. The molecule has 1 aromatic rings. The van der Waals surface area contributed by atoms with Gasteiger partial charge in [0.1, 0.15) is 0 Å². The molecule has 1 heterocycles. The van der Waals surface area contributed by atoms with Crippen LogP contribution in [0.3, 0.4) is 0 Å². The Bertz CT molecular complexity index is 320. The molecule has 0 fully saturated rings. The molecule has 1 aliphatic heterocycles. The lowest BCUT2D eigenvalue weighted by molar-refractivity contribution is 0.173. The maximum absolute atomic E-state index is 9.15. The number of aliphatic hydroxyl groups is 1. The van der Waals surface area contributed by atoms with Crippen LogP contribution in [0.15, 0.2) is 18.2 Å². The largest absolute Gasteiger partial charge is 0.454 e. The minimum absolute atomic E-state index is 0.250. The van der Waals surface area contributed by atoms with Gasteiger partial charge in [-0.1, -0.05) is 6.07 Å². The van der Waals surface area contributed by atoms with Crippen LogP contribution in [0.2, 0.25) is 0 Å². The fourth-order valence-corrected chi connectivity index (χ4v) is 1.47. The summed E-state index contributed by atoms with van der Waals surface area (Å²) in [7, 11) is 0. The Morgan fingerprint density at radius 1 is 1.36 bits per heavy atom. The molecular weight excluding hydrogens is 180 g/mol. The first-order chi connectivity index (χ1) is 6.75. The second-order valence-electron chi connectivity index (χ2n) is 3.58. The van der Waals surface area contributed by atoms with E-state index in [1.165, 1.54) is 5.56 Å². The lowest BCUT2D eigenvalue weighted by atomic mass is 10.1. The second kappa shape index (κ2) is 3.88. The van der Waals surface area contributed by atoms with Crippen molar-refractivity contribution in [3.63, 3.8) is 0 Å². The fourth-order valence-electron chi connectivity index (χ4n) is 1.47. The molecular formula is C11H14O3. The van der Waals surface area contributed by atoms with Crippen LogP contribution >= 0.6 is 0 Å². The van der Waals surface area contributed by atoms with Gasteiger partial charge < -0.3 is 14.6 Å². The van der Waals surface area contributed by atoms with Crippen molar-refractivity contribution >= 4 is 0 Å². The number of rotatable bonds is 3. The van der Waals surface area contributed by atoms with E-state index < -0.39 is 0 Å². The monoisotopic (exact) mass is 194 g/mol. The first kappa shape index (κ1) is 9.34. The molecule has 0 spiro atoms. The van der Waals surface area contributed by atoms with Crippen molar-refractivity contribution in [3.8, 4) is 11.5 Å². The Hall–Kier alpha value is -1.22. The lowest BCUT2D eigenvalue weighted by Gasteiger charge is -2.04. The number of aliphatic hydroxyl groups excluding tert-OH is 1. The predicted octanol–water partition coefficient (Wildman–Crippen LogP) is 1.73. The van der Waals surface area contributed by atoms with Gasteiger partial charge in [-0.25, -0.2) is 0 Å². The summed E-state index contributed by atoms with van der Waals surface area (Å²) in [5, 5.41) is 9.15. The summed E-state index contributed by atoms with van der Waals surface area (Å²) in [5.74, 6) is 1.62.